The minimum Gasteiger partial charge on any atom is -0.508 e. The van der Waals surface area contributed by atoms with Crippen molar-refractivity contribution in [2.24, 2.45) is 0 Å². The van der Waals surface area contributed by atoms with Crippen molar-refractivity contribution < 1.29 is 14.3 Å². The van der Waals surface area contributed by atoms with Crippen molar-refractivity contribution >= 4 is 5.91 Å². The van der Waals surface area contributed by atoms with E-state index in [1.807, 2.05) is 13.8 Å². The standard InChI is InChI=1S/C23H22FN3O2/c1-14(2)22-25-20-11-12-27(23(29)17-5-3-4-6-19(17)24)13-18(20)21(26-22)15-7-9-16(28)10-8-15/h3-10,14,28H,11-13H2,1-2H3. The number of carbonyl (C=O) groups excluding carboxylic acids is 1. The second kappa shape index (κ2) is 7.62. The molecule has 3 aromatic rings. The summed E-state index contributed by atoms with van der Waals surface area (Å²) in [5.74, 6) is 0.235. The van der Waals surface area contributed by atoms with Crippen LogP contribution in [0.4, 0.5) is 4.39 Å². The molecule has 148 valence electrons. The third kappa shape index (κ3) is 3.70. The normalized spacial score (nSPS) is 13.4. The second-order valence-electron chi connectivity index (χ2n) is 7.51. The van der Waals surface area contributed by atoms with Crippen molar-refractivity contribution in [3.63, 3.8) is 0 Å². The van der Waals surface area contributed by atoms with Crippen LogP contribution >= 0.6 is 0 Å². The van der Waals surface area contributed by atoms with Crippen LogP contribution in [0.15, 0.2) is 48.5 Å². The van der Waals surface area contributed by atoms with Crippen LogP contribution in [0.3, 0.4) is 0 Å². The SMILES string of the molecule is CC(C)c1nc2c(c(-c3ccc(O)cc3)n1)CN(C(=O)c1ccccc1F)CC2. The molecular weight excluding hydrogens is 369 g/mol. The number of aromatic nitrogens is 2. The Morgan fingerprint density at radius 1 is 1.10 bits per heavy atom. The molecular formula is C23H22FN3O2. The summed E-state index contributed by atoms with van der Waals surface area (Å²) in [6, 6.07) is 12.9. The largest absolute Gasteiger partial charge is 0.508 e. The van der Waals surface area contributed by atoms with Crippen LogP contribution in [0, 0.1) is 5.82 Å². The fraction of sp³-hybridized carbons (Fsp3) is 0.261. The van der Waals surface area contributed by atoms with E-state index >= 15 is 0 Å². The van der Waals surface area contributed by atoms with Gasteiger partial charge in [-0.2, -0.15) is 0 Å². The molecule has 2 aromatic carbocycles. The fourth-order valence-corrected chi connectivity index (χ4v) is 3.53. The van der Waals surface area contributed by atoms with E-state index in [0.29, 0.717) is 19.5 Å². The van der Waals surface area contributed by atoms with Crippen LogP contribution in [-0.4, -0.2) is 32.4 Å². The summed E-state index contributed by atoms with van der Waals surface area (Å²) >= 11 is 0. The van der Waals surface area contributed by atoms with E-state index in [9.17, 15) is 14.3 Å². The quantitative estimate of drug-likeness (QED) is 0.723. The van der Waals surface area contributed by atoms with E-state index in [-0.39, 0.29) is 23.1 Å². The summed E-state index contributed by atoms with van der Waals surface area (Å²) in [5, 5.41) is 9.63. The number of aromatic hydroxyl groups is 1. The van der Waals surface area contributed by atoms with Gasteiger partial charge in [0.2, 0.25) is 0 Å². The minimum absolute atomic E-state index is 0.0712. The van der Waals surface area contributed by atoms with Crippen LogP contribution in [0.5, 0.6) is 5.75 Å². The Morgan fingerprint density at radius 2 is 1.83 bits per heavy atom. The number of fused-ring (bicyclic) bond motifs is 1. The first kappa shape index (κ1) is 19.1. The lowest BCUT2D eigenvalue weighted by Gasteiger charge is -2.30. The highest BCUT2D eigenvalue weighted by molar-refractivity contribution is 5.94. The summed E-state index contributed by atoms with van der Waals surface area (Å²) in [5.41, 5.74) is 3.47. The van der Waals surface area contributed by atoms with Crippen molar-refractivity contribution in [3.8, 4) is 17.0 Å². The Balaban J connectivity index is 1.76. The summed E-state index contributed by atoms with van der Waals surface area (Å²) in [6.45, 7) is 4.87. The molecule has 1 amide bonds. The molecule has 1 aromatic heterocycles. The van der Waals surface area contributed by atoms with E-state index < -0.39 is 5.82 Å². The molecule has 1 aliphatic heterocycles. The van der Waals surface area contributed by atoms with Crippen molar-refractivity contribution in [2.75, 3.05) is 6.54 Å². The van der Waals surface area contributed by atoms with Crippen LogP contribution in [0.25, 0.3) is 11.3 Å². The van der Waals surface area contributed by atoms with E-state index in [1.165, 1.54) is 12.1 Å². The van der Waals surface area contributed by atoms with Gasteiger partial charge in [-0.15, -0.1) is 0 Å². The zero-order valence-electron chi connectivity index (χ0n) is 16.4. The molecule has 6 heteroatoms. The van der Waals surface area contributed by atoms with Gasteiger partial charge >= 0.3 is 0 Å². The molecule has 0 radical (unpaired) electrons. The van der Waals surface area contributed by atoms with Crippen LogP contribution in [-0.2, 0) is 13.0 Å². The van der Waals surface area contributed by atoms with Gasteiger partial charge in [0.05, 0.1) is 17.0 Å². The first-order chi connectivity index (χ1) is 13.9. The minimum atomic E-state index is -0.520. The van der Waals surface area contributed by atoms with Crippen molar-refractivity contribution in [2.45, 2.75) is 32.7 Å². The molecule has 0 spiro atoms. The van der Waals surface area contributed by atoms with E-state index in [4.69, 9.17) is 9.97 Å². The zero-order valence-corrected chi connectivity index (χ0v) is 16.4. The average molecular weight is 391 g/mol. The highest BCUT2D eigenvalue weighted by Gasteiger charge is 2.28. The molecule has 2 heterocycles. The third-order valence-corrected chi connectivity index (χ3v) is 5.13. The van der Waals surface area contributed by atoms with Crippen molar-refractivity contribution in [1.29, 1.82) is 0 Å². The topological polar surface area (TPSA) is 66.3 Å². The smallest absolute Gasteiger partial charge is 0.257 e. The van der Waals surface area contributed by atoms with Crippen molar-refractivity contribution in [3.05, 3.63) is 77.0 Å². The number of amides is 1. The molecule has 0 saturated heterocycles. The lowest BCUT2D eigenvalue weighted by atomic mass is 9.97. The maximum Gasteiger partial charge on any atom is 0.257 e. The first-order valence-electron chi connectivity index (χ1n) is 9.67. The van der Waals surface area contributed by atoms with Crippen LogP contribution in [0.1, 0.15) is 47.2 Å². The average Bonchev–Trinajstić information content (AvgIpc) is 2.73. The zero-order chi connectivity index (χ0) is 20.5. The Labute approximate surface area is 168 Å². The maximum absolute atomic E-state index is 14.1. The molecule has 1 aliphatic rings. The van der Waals surface area contributed by atoms with Gasteiger partial charge in [0.1, 0.15) is 17.4 Å². The molecule has 0 bridgehead atoms. The van der Waals surface area contributed by atoms with Crippen molar-refractivity contribution in [1.82, 2.24) is 14.9 Å². The summed E-state index contributed by atoms with van der Waals surface area (Å²) in [4.78, 5) is 24.0. The number of benzene rings is 2. The number of phenols is 1. The van der Waals surface area contributed by atoms with E-state index in [1.54, 1.807) is 41.3 Å². The molecule has 0 unspecified atom stereocenters. The predicted octanol–water partition coefficient (Wildman–Crippen LogP) is 4.31. The molecule has 0 atom stereocenters. The molecule has 0 aliphatic carbocycles. The molecule has 1 N–H and O–H groups in total. The Kier molecular flexibility index (Phi) is 5.01. The number of hydrogen-bond acceptors (Lipinski definition) is 4. The van der Waals surface area contributed by atoms with Gasteiger partial charge in [0.25, 0.3) is 5.91 Å². The van der Waals surface area contributed by atoms with Gasteiger partial charge < -0.3 is 10.0 Å². The summed E-state index contributed by atoms with van der Waals surface area (Å²) < 4.78 is 14.1. The lowest BCUT2D eigenvalue weighted by Crippen LogP contribution is -2.37. The highest BCUT2D eigenvalue weighted by Crippen LogP contribution is 2.31. The third-order valence-electron chi connectivity index (χ3n) is 5.13. The maximum atomic E-state index is 14.1. The van der Waals surface area contributed by atoms with E-state index in [0.717, 1.165) is 28.3 Å². The number of phenolic OH excluding ortho intramolecular Hbond substituents is 1. The molecule has 29 heavy (non-hydrogen) atoms. The predicted molar refractivity (Wildman–Crippen MR) is 108 cm³/mol. The molecule has 0 fully saturated rings. The highest BCUT2D eigenvalue weighted by atomic mass is 19.1. The van der Waals surface area contributed by atoms with Gasteiger partial charge in [0, 0.05) is 36.6 Å². The summed E-state index contributed by atoms with van der Waals surface area (Å²) in [6.07, 6.45) is 0.586. The molecule has 5 nitrogen and oxygen atoms in total. The van der Waals surface area contributed by atoms with Gasteiger partial charge in [-0.05, 0) is 36.4 Å². The van der Waals surface area contributed by atoms with Crippen LogP contribution < -0.4 is 0 Å². The fourth-order valence-electron chi connectivity index (χ4n) is 3.53. The van der Waals surface area contributed by atoms with Gasteiger partial charge in [-0.3, -0.25) is 4.79 Å². The number of rotatable bonds is 3. The second-order valence-corrected chi connectivity index (χ2v) is 7.51. The molecule has 4 rings (SSSR count). The monoisotopic (exact) mass is 391 g/mol. The molecule has 0 saturated carbocycles. The number of nitrogens with zero attached hydrogens (tertiary/aromatic N) is 3. The Bertz CT molecular complexity index is 1060. The summed E-state index contributed by atoms with van der Waals surface area (Å²) in [7, 11) is 0. The number of hydrogen-bond donors (Lipinski definition) is 1. The Morgan fingerprint density at radius 3 is 2.52 bits per heavy atom. The lowest BCUT2D eigenvalue weighted by molar-refractivity contribution is 0.0729. The van der Waals surface area contributed by atoms with Crippen LogP contribution in [0.2, 0.25) is 0 Å². The van der Waals surface area contributed by atoms with Gasteiger partial charge in [0.15, 0.2) is 0 Å². The van der Waals surface area contributed by atoms with Gasteiger partial charge in [-0.25, -0.2) is 14.4 Å². The first-order valence-corrected chi connectivity index (χ1v) is 9.67. The Hall–Kier alpha value is -3.28. The van der Waals surface area contributed by atoms with Gasteiger partial charge in [-0.1, -0.05) is 26.0 Å². The number of halogens is 1. The number of carbonyl (C=O) groups is 1. The van der Waals surface area contributed by atoms with E-state index in [2.05, 4.69) is 0 Å².